The minimum Gasteiger partial charge on any atom is -0.494 e. The zero-order valence-electron chi connectivity index (χ0n) is 19.6. The molecule has 0 unspecified atom stereocenters. The molecule has 0 radical (unpaired) electrons. The smallest absolute Gasteiger partial charge is 0.265 e. The molecule has 4 N–H and O–H groups in total. The number of ketones is 1. The molecule has 0 saturated heterocycles. The van der Waals surface area contributed by atoms with Crippen molar-refractivity contribution in [2.24, 2.45) is 4.99 Å². The Kier molecular flexibility index (Phi) is 6.22. The van der Waals surface area contributed by atoms with Crippen molar-refractivity contribution in [1.29, 1.82) is 0 Å². The number of anilines is 1. The Labute approximate surface area is 210 Å². The fraction of sp³-hybridized carbons (Fsp3) is 0.111. The van der Waals surface area contributed by atoms with Gasteiger partial charge in [-0.1, -0.05) is 18.2 Å². The molecule has 8 nitrogen and oxygen atoms in total. The van der Waals surface area contributed by atoms with Crippen LogP contribution in [0, 0.1) is 6.92 Å². The van der Waals surface area contributed by atoms with Crippen molar-refractivity contribution in [1.82, 2.24) is 15.2 Å². The predicted octanol–water partition coefficient (Wildman–Crippen LogP) is 5.76. The average molecular weight is 498 g/mol. The number of carbonyl (C=O) groups excluding carboxylic acids is 2. The van der Waals surface area contributed by atoms with Crippen molar-refractivity contribution in [3.63, 3.8) is 0 Å². The lowest BCUT2D eigenvalue weighted by Crippen LogP contribution is -2.10. The second-order valence-electron chi connectivity index (χ2n) is 8.48. The van der Waals surface area contributed by atoms with E-state index in [0.717, 1.165) is 27.7 Å². The SMILES string of the molecule is CC(=O)c1ccc(C(=O)Nc2ccc(Cc3ccc4[nH]c(O)c(C=Nc5cc(C)[nH]n5)c4c3)cc2)s1. The highest BCUT2D eigenvalue weighted by Gasteiger charge is 2.13. The first-order valence-corrected chi connectivity index (χ1v) is 12.1. The first kappa shape index (κ1) is 23.3. The van der Waals surface area contributed by atoms with Crippen LogP contribution in [0.4, 0.5) is 11.5 Å². The van der Waals surface area contributed by atoms with E-state index in [1.165, 1.54) is 18.3 Å². The van der Waals surface area contributed by atoms with Gasteiger partial charge in [-0.25, -0.2) is 4.99 Å². The molecule has 3 aromatic heterocycles. The molecule has 5 rings (SSSR count). The number of Topliss-reactive ketones (excluding diaryl/α,β-unsaturated/α-hetero) is 1. The molecule has 1 amide bonds. The van der Waals surface area contributed by atoms with E-state index >= 15 is 0 Å². The van der Waals surface area contributed by atoms with Crippen molar-refractivity contribution < 1.29 is 14.7 Å². The van der Waals surface area contributed by atoms with Gasteiger partial charge >= 0.3 is 0 Å². The highest BCUT2D eigenvalue weighted by Crippen LogP contribution is 2.28. The average Bonchev–Trinajstić information content (AvgIpc) is 3.58. The number of aromatic amines is 2. The molecule has 2 aromatic carbocycles. The van der Waals surface area contributed by atoms with E-state index in [9.17, 15) is 14.7 Å². The molecule has 0 fully saturated rings. The quantitative estimate of drug-likeness (QED) is 0.168. The van der Waals surface area contributed by atoms with Gasteiger partial charge in [0, 0.05) is 34.6 Å². The van der Waals surface area contributed by atoms with Crippen LogP contribution in [0.1, 0.15) is 48.7 Å². The van der Waals surface area contributed by atoms with E-state index in [0.29, 0.717) is 33.2 Å². The van der Waals surface area contributed by atoms with Gasteiger partial charge in [0.25, 0.3) is 5.91 Å². The van der Waals surface area contributed by atoms with Crippen LogP contribution in [0.25, 0.3) is 10.9 Å². The number of carbonyl (C=O) groups is 2. The van der Waals surface area contributed by atoms with Gasteiger partial charge in [0.1, 0.15) is 0 Å². The first-order chi connectivity index (χ1) is 17.4. The number of H-pyrrole nitrogens is 2. The Hall–Kier alpha value is -4.50. The number of amides is 1. The van der Waals surface area contributed by atoms with E-state index < -0.39 is 0 Å². The maximum Gasteiger partial charge on any atom is 0.265 e. The van der Waals surface area contributed by atoms with Crippen LogP contribution in [0.3, 0.4) is 0 Å². The van der Waals surface area contributed by atoms with Crippen molar-refractivity contribution in [2.45, 2.75) is 20.3 Å². The summed E-state index contributed by atoms with van der Waals surface area (Å²) >= 11 is 1.18. The summed E-state index contributed by atoms with van der Waals surface area (Å²) in [6.45, 7) is 3.38. The molecule has 0 aliphatic rings. The molecular weight excluding hydrogens is 474 g/mol. The molecule has 0 aliphatic heterocycles. The van der Waals surface area contributed by atoms with Crippen LogP contribution in [0.5, 0.6) is 5.88 Å². The van der Waals surface area contributed by atoms with Crippen molar-refractivity contribution in [3.8, 4) is 5.88 Å². The molecular formula is C27H23N5O3S. The molecule has 0 bridgehead atoms. The Bertz CT molecular complexity index is 1610. The van der Waals surface area contributed by atoms with Crippen molar-refractivity contribution in [2.75, 3.05) is 5.32 Å². The molecule has 9 heteroatoms. The number of nitrogens with one attached hydrogen (secondary N) is 3. The molecule has 5 aromatic rings. The number of hydrogen-bond acceptors (Lipinski definition) is 6. The summed E-state index contributed by atoms with van der Waals surface area (Å²) in [6.07, 6.45) is 2.29. The van der Waals surface area contributed by atoms with Crippen LogP contribution in [-0.4, -0.2) is 38.2 Å². The standard InChI is InChI=1S/C27H23N5O3S/c1-15-11-25(32-31-15)28-14-21-20-13-18(5-8-22(20)30-26(21)34)12-17-3-6-19(7-4-17)29-27(35)24-10-9-23(36-24)16(2)33/h3-11,13-14,30,34H,12H2,1-2H3,(H,29,35)(H,31,32). The number of aromatic nitrogens is 3. The van der Waals surface area contributed by atoms with Gasteiger partial charge < -0.3 is 15.4 Å². The van der Waals surface area contributed by atoms with Gasteiger partial charge in [0.05, 0.1) is 15.3 Å². The minimum absolute atomic E-state index is 0.0522. The second kappa shape index (κ2) is 9.63. The number of rotatable bonds is 7. The summed E-state index contributed by atoms with van der Waals surface area (Å²) in [5.41, 5.74) is 5.15. The molecule has 0 saturated carbocycles. The number of benzene rings is 2. The normalized spacial score (nSPS) is 11.4. The number of aryl methyl sites for hydroxylation is 1. The van der Waals surface area contributed by atoms with Gasteiger partial charge in [0.15, 0.2) is 17.5 Å². The summed E-state index contributed by atoms with van der Waals surface area (Å²) in [5.74, 6) is 0.308. The minimum atomic E-state index is -0.239. The summed E-state index contributed by atoms with van der Waals surface area (Å²) in [5, 5.41) is 21.1. The zero-order chi connectivity index (χ0) is 25.2. The Morgan fingerprint density at radius 3 is 2.50 bits per heavy atom. The Morgan fingerprint density at radius 1 is 1.06 bits per heavy atom. The highest BCUT2D eigenvalue weighted by atomic mass is 32.1. The lowest BCUT2D eigenvalue weighted by atomic mass is 10.0. The van der Waals surface area contributed by atoms with Crippen LogP contribution >= 0.6 is 11.3 Å². The molecule has 36 heavy (non-hydrogen) atoms. The second-order valence-corrected chi connectivity index (χ2v) is 9.57. The van der Waals surface area contributed by atoms with Gasteiger partial charge in [-0.15, -0.1) is 11.3 Å². The monoisotopic (exact) mass is 497 g/mol. The number of nitrogens with zero attached hydrogens (tertiary/aromatic N) is 2. The van der Waals surface area contributed by atoms with Crippen LogP contribution in [0.2, 0.25) is 0 Å². The van der Waals surface area contributed by atoms with E-state index in [-0.39, 0.29) is 17.6 Å². The lowest BCUT2D eigenvalue weighted by Gasteiger charge is -2.06. The molecule has 180 valence electrons. The van der Waals surface area contributed by atoms with Gasteiger partial charge in [-0.05, 0) is 67.8 Å². The van der Waals surface area contributed by atoms with Crippen LogP contribution < -0.4 is 5.32 Å². The largest absolute Gasteiger partial charge is 0.494 e. The third-order valence-electron chi connectivity index (χ3n) is 5.70. The molecule has 3 heterocycles. The summed E-state index contributed by atoms with van der Waals surface area (Å²) < 4.78 is 0. The first-order valence-electron chi connectivity index (χ1n) is 11.3. The summed E-state index contributed by atoms with van der Waals surface area (Å²) in [4.78, 5) is 32.3. The van der Waals surface area contributed by atoms with E-state index in [1.807, 2.05) is 55.5 Å². The maximum atomic E-state index is 12.5. The van der Waals surface area contributed by atoms with Crippen molar-refractivity contribution >= 4 is 51.6 Å². The number of thiophene rings is 1. The number of hydrogen-bond donors (Lipinski definition) is 4. The maximum absolute atomic E-state index is 12.5. The van der Waals surface area contributed by atoms with Gasteiger partial charge in [-0.2, -0.15) is 5.10 Å². The third kappa shape index (κ3) is 4.96. The van der Waals surface area contributed by atoms with Crippen LogP contribution in [-0.2, 0) is 6.42 Å². The lowest BCUT2D eigenvalue weighted by molar-refractivity contribution is 0.101. The summed E-state index contributed by atoms with van der Waals surface area (Å²) in [7, 11) is 0. The van der Waals surface area contributed by atoms with Crippen LogP contribution in [0.15, 0.2) is 65.7 Å². The number of aromatic hydroxyl groups is 1. The molecule has 0 spiro atoms. The predicted molar refractivity (Wildman–Crippen MR) is 142 cm³/mol. The fourth-order valence-electron chi connectivity index (χ4n) is 3.87. The van der Waals surface area contributed by atoms with E-state index in [4.69, 9.17) is 0 Å². The number of fused-ring (bicyclic) bond motifs is 1. The zero-order valence-corrected chi connectivity index (χ0v) is 20.4. The molecule has 0 aliphatic carbocycles. The highest BCUT2D eigenvalue weighted by molar-refractivity contribution is 7.16. The topological polar surface area (TPSA) is 123 Å². The van der Waals surface area contributed by atoms with E-state index in [2.05, 4.69) is 25.5 Å². The Balaban J connectivity index is 1.30. The van der Waals surface area contributed by atoms with Gasteiger partial charge in [-0.3, -0.25) is 14.7 Å². The fourth-order valence-corrected chi connectivity index (χ4v) is 4.67. The van der Waals surface area contributed by atoms with Crippen molar-refractivity contribution in [3.05, 3.63) is 92.8 Å². The Morgan fingerprint density at radius 2 is 1.81 bits per heavy atom. The van der Waals surface area contributed by atoms with E-state index in [1.54, 1.807) is 18.3 Å². The third-order valence-corrected chi connectivity index (χ3v) is 6.88. The number of aliphatic imine (C=N–C) groups is 1. The summed E-state index contributed by atoms with van der Waals surface area (Å²) in [6, 6.07) is 18.8. The molecule has 0 atom stereocenters. The van der Waals surface area contributed by atoms with Gasteiger partial charge in [0.2, 0.25) is 0 Å².